The number of benzene rings is 2. The molecule has 2 aromatic rings. The van der Waals surface area contributed by atoms with E-state index >= 15 is 0 Å². The van der Waals surface area contributed by atoms with Crippen LogP contribution in [0.4, 0.5) is 0 Å². The molecule has 1 saturated heterocycles. The molecule has 1 saturated carbocycles. The third-order valence-corrected chi connectivity index (χ3v) is 8.13. The molecule has 0 unspecified atom stereocenters. The molecule has 2 atom stereocenters. The zero-order valence-corrected chi connectivity index (χ0v) is 21.6. The Morgan fingerprint density at radius 3 is 2.44 bits per heavy atom. The van der Waals surface area contributed by atoms with Gasteiger partial charge in [0.2, 0.25) is 5.91 Å². The normalized spacial score (nSPS) is 23.3. The van der Waals surface area contributed by atoms with Crippen molar-refractivity contribution >= 4 is 11.8 Å². The number of hydrogen-bond acceptors (Lipinski definition) is 4. The zero-order valence-electron chi connectivity index (χ0n) is 21.6. The molecule has 2 amide bonds. The highest BCUT2D eigenvalue weighted by Gasteiger charge is 2.46. The maximum Gasteiger partial charge on any atom is 0.250 e. The van der Waals surface area contributed by atoms with Crippen molar-refractivity contribution in [1.82, 2.24) is 9.80 Å². The van der Waals surface area contributed by atoms with Gasteiger partial charge in [0.05, 0.1) is 19.8 Å². The monoisotopic (exact) mass is 490 g/mol. The summed E-state index contributed by atoms with van der Waals surface area (Å²) in [5.74, 6) is 1.31. The molecule has 1 heterocycles. The Bertz CT molecular complexity index is 1090. The Hall–Kier alpha value is -3.02. The second-order valence-electron chi connectivity index (χ2n) is 10.3. The summed E-state index contributed by atoms with van der Waals surface area (Å²) in [7, 11) is 1.61. The maximum absolute atomic E-state index is 14.3. The molecule has 36 heavy (non-hydrogen) atoms. The highest BCUT2D eigenvalue weighted by Crippen LogP contribution is 2.43. The Balaban J connectivity index is 1.57. The molecule has 3 aliphatic rings. The fraction of sp³-hybridized carbons (Fsp3) is 0.533. The van der Waals surface area contributed by atoms with Crippen molar-refractivity contribution in [2.75, 3.05) is 20.3 Å². The molecule has 0 N–H and O–H groups in total. The smallest absolute Gasteiger partial charge is 0.250 e. The van der Waals surface area contributed by atoms with Crippen LogP contribution in [0.15, 0.2) is 42.5 Å². The van der Waals surface area contributed by atoms with Gasteiger partial charge in [0.25, 0.3) is 5.91 Å². The number of rotatable bonds is 6. The number of piperazine rings is 1. The summed E-state index contributed by atoms with van der Waals surface area (Å²) >= 11 is 0. The van der Waals surface area contributed by atoms with E-state index in [0.29, 0.717) is 18.1 Å². The number of aryl methyl sites for hydroxylation is 1. The standard InChI is InChI=1S/C30H38N2O4/c1-3-36-26-18-17-22(19-27(26)35-2)29-30(34)31(23-13-6-4-5-7-14-23)20-28(33)32(29)25-16-10-12-21-11-8-9-15-24(21)25/h8-9,11,15,17-19,23,25,29H,3-7,10,12-14,16,20H2,1-2H3/t25-,29+/m0/s1. The van der Waals surface area contributed by atoms with E-state index in [1.165, 1.54) is 24.0 Å². The summed E-state index contributed by atoms with van der Waals surface area (Å²) < 4.78 is 11.4. The molecule has 0 aromatic heterocycles. The SMILES string of the molecule is CCOc1ccc([C@@H]2C(=O)N(C3CCCCCC3)CC(=O)N2[C@H]2CCCc3ccccc32)cc1OC. The molecule has 2 aromatic carbocycles. The number of carbonyl (C=O) groups excluding carboxylic acids is 2. The van der Waals surface area contributed by atoms with Crippen molar-refractivity contribution in [3.05, 3.63) is 59.2 Å². The summed E-state index contributed by atoms with van der Waals surface area (Å²) in [4.78, 5) is 32.1. The lowest BCUT2D eigenvalue weighted by molar-refractivity contribution is -0.162. The van der Waals surface area contributed by atoms with Crippen LogP contribution in [0.25, 0.3) is 0 Å². The summed E-state index contributed by atoms with van der Waals surface area (Å²) in [6.45, 7) is 2.63. The first-order chi connectivity index (χ1) is 17.6. The van der Waals surface area contributed by atoms with Crippen LogP contribution in [-0.4, -0.2) is 47.9 Å². The van der Waals surface area contributed by atoms with Crippen molar-refractivity contribution in [2.45, 2.75) is 82.8 Å². The molecule has 0 radical (unpaired) electrons. The molecule has 1 aliphatic heterocycles. The lowest BCUT2D eigenvalue weighted by Crippen LogP contribution is -2.59. The third kappa shape index (κ3) is 4.70. The largest absolute Gasteiger partial charge is 0.493 e. The van der Waals surface area contributed by atoms with E-state index in [1.54, 1.807) is 7.11 Å². The molecule has 192 valence electrons. The van der Waals surface area contributed by atoms with Crippen LogP contribution in [0.2, 0.25) is 0 Å². The molecule has 5 rings (SSSR count). The fourth-order valence-corrected chi connectivity index (χ4v) is 6.41. The van der Waals surface area contributed by atoms with Gasteiger partial charge in [-0.25, -0.2) is 0 Å². The second-order valence-corrected chi connectivity index (χ2v) is 10.3. The van der Waals surface area contributed by atoms with Gasteiger partial charge >= 0.3 is 0 Å². The third-order valence-electron chi connectivity index (χ3n) is 8.13. The Morgan fingerprint density at radius 2 is 1.69 bits per heavy atom. The Kier molecular flexibility index (Phi) is 7.49. The van der Waals surface area contributed by atoms with Crippen LogP contribution >= 0.6 is 0 Å². The van der Waals surface area contributed by atoms with Gasteiger partial charge in [-0.15, -0.1) is 0 Å². The van der Waals surface area contributed by atoms with Gasteiger partial charge in [-0.05, 0) is 67.9 Å². The Labute approximate surface area is 214 Å². The minimum atomic E-state index is -0.671. The van der Waals surface area contributed by atoms with Gasteiger partial charge in [0.15, 0.2) is 11.5 Å². The average molecular weight is 491 g/mol. The fourth-order valence-electron chi connectivity index (χ4n) is 6.41. The number of amides is 2. The summed E-state index contributed by atoms with van der Waals surface area (Å²) in [5.41, 5.74) is 3.24. The van der Waals surface area contributed by atoms with Crippen LogP contribution in [0.1, 0.15) is 87.1 Å². The van der Waals surface area contributed by atoms with Gasteiger partial charge in [0, 0.05) is 6.04 Å². The molecular formula is C30H38N2O4. The molecule has 2 fully saturated rings. The molecule has 6 nitrogen and oxygen atoms in total. The first-order valence-corrected chi connectivity index (χ1v) is 13.6. The lowest BCUT2D eigenvalue weighted by atomic mass is 9.84. The van der Waals surface area contributed by atoms with Gasteiger partial charge < -0.3 is 19.3 Å². The molecule has 0 spiro atoms. The first-order valence-electron chi connectivity index (χ1n) is 13.6. The second kappa shape index (κ2) is 10.9. The van der Waals surface area contributed by atoms with Crippen molar-refractivity contribution < 1.29 is 19.1 Å². The Morgan fingerprint density at radius 1 is 0.917 bits per heavy atom. The molecular weight excluding hydrogens is 452 g/mol. The number of fused-ring (bicyclic) bond motifs is 1. The highest BCUT2D eigenvalue weighted by molar-refractivity contribution is 5.96. The van der Waals surface area contributed by atoms with Crippen molar-refractivity contribution in [1.29, 1.82) is 0 Å². The van der Waals surface area contributed by atoms with E-state index in [0.717, 1.165) is 50.5 Å². The predicted molar refractivity (Wildman–Crippen MR) is 139 cm³/mol. The summed E-state index contributed by atoms with van der Waals surface area (Å²) in [6, 6.07) is 13.4. The van der Waals surface area contributed by atoms with Crippen molar-refractivity contribution in [3.8, 4) is 11.5 Å². The van der Waals surface area contributed by atoms with Gasteiger partial charge in [0.1, 0.15) is 12.6 Å². The van der Waals surface area contributed by atoms with Crippen LogP contribution in [0, 0.1) is 0 Å². The minimum Gasteiger partial charge on any atom is -0.493 e. The van der Waals surface area contributed by atoms with Gasteiger partial charge in [-0.1, -0.05) is 56.0 Å². The van der Waals surface area contributed by atoms with Crippen LogP contribution < -0.4 is 9.47 Å². The molecule has 6 heteroatoms. The topological polar surface area (TPSA) is 59.1 Å². The summed E-state index contributed by atoms with van der Waals surface area (Å²) in [5, 5.41) is 0. The van der Waals surface area contributed by atoms with Crippen molar-refractivity contribution in [2.24, 2.45) is 0 Å². The van der Waals surface area contributed by atoms with E-state index in [1.807, 2.05) is 41.0 Å². The summed E-state index contributed by atoms with van der Waals surface area (Å²) in [6.07, 6.45) is 9.48. The minimum absolute atomic E-state index is 0.0377. The number of ether oxygens (including phenoxy) is 2. The van der Waals surface area contributed by atoms with Crippen LogP contribution in [0.5, 0.6) is 11.5 Å². The van der Waals surface area contributed by atoms with E-state index in [2.05, 4.69) is 18.2 Å². The van der Waals surface area contributed by atoms with Gasteiger partial charge in [-0.3, -0.25) is 9.59 Å². The van der Waals surface area contributed by atoms with E-state index in [4.69, 9.17) is 9.47 Å². The quantitative estimate of drug-likeness (QED) is 0.494. The zero-order chi connectivity index (χ0) is 25.1. The average Bonchev–Trinajstić information content (AvgIpc) is 3.19. The van der Waals surface area contributed by atoms with Gasteiger partial charge in [-0.2, -0.15) is 0 Å². The number of hydrogen-bond donors (Lipinski definition) is 0. The maximum atomic E-state index is 14.3. The highest BCUT2D eigenvalue weighted by atomic mass is 16.5. The van der Waals surface area contributed by atoms with Crippen LogP contribution in [0.3, 0.4) is 0 Å². The first kappa shape index (κ1) is 24.7. The van der Waals surface area contributed by atoms with Crippen molar-refractivity contribution in [3.63, 3.8) is 0 Å². The van der Waals surface area contributed by atoms with E-state index < -0.39 is 6.04 Å². The van der Waals surface area contributed by atoms with Crippen LogP contribution in [-0.2, 0) is 16.0 Å². The number of carbonyl (C=O) groups is 2. The predicted octanol–water partition coefficient (Wildman–Crippen LogP) is 5.61. The molecule has 0 bridgehead atoms. The lowest BCUT2D eigenvalue weighted by Gasteiger charge is -2.47. The van der Waals surface area contributed by atoms with E-state index in [-0.39, 0.29) is 30.4 Å². The van der Waals surface area contributed by atoms with E-state index in [9.17, 15) is 9.59 Å². The number of methoxy groups -OCH3 is 1. The molecule has 2 aliphatic carbocycles. The number of nitrogens with zero attached hydrogens (tertiary/aromatic N) is 2.